The zero-order chi connectivity index (χ0) is 27.7. The molecule has 2 heterocycles. The summed E-state index contributed by atoms with van der Waals surface area (Å²) in [5, 5.41) is 0.737. The molecule has 8 nitrogen and oxygen atoms in total. The van der Waals surface area contributed by atoms with Gasteiger partial charge in [0.05, 0.1) is 37.0 Å². The number of amides is 1. The highest BCUT2D eigenvalue weighted by atomic mass is 35.5. The maximum absolute atomic E-state index is 13.2. The first-order valence-electron chi connectivity index (χ1n) is 14.0. The van der Waals surface area contributed by atoms with Crippen LogP contribution in [0.1, 0.15) is 36.8 Å². The first kappa shape index (κ1) is 27.6. The minimum atomic E-state index is -4.10. The quantitative estimate of drug-likeness (QED) is 0.461. The van der Waals surface area contributed by atoms with Gasteiger partial charge in [0.1, 0.15) is 12.4 Å². The SMILES string of the molecule is O=C1COCCOC/C=C/[C@@H]2CC[C@@H]2CN2C[C@@]3(CCCc4cc(Cl)ccc43)COc3ccc(cc32)S(=O)(=O)N1. The van der Waals surface area contributed by atoms with Crippen molar-refractivity contribution in [2.75, 3.05) is 51.0 Å². The molecule has 214 valence electrons. The van der Waals surface area contributed by atoms with Gasteiger partial charge in [-0.2, -0.15) is 0 Å². The smallest absolute Gasteiger partial charge is 0.264 e. The summed E-state index contributed by atoms with van der Waals surface area (Å²) in [5.41, 5.74) is 3.01. The number of allylic oxidation sites excluding steroid dienone is 1. The van der Waals surface area contributed by atoms with Gasteiger partial charge in [-0.05, 0) is 85.4 Å². The summed E-state index contributed by atoms with van der Waals surface area (Å²) < 4.78 is 45.9. The van der Waals surface area contributed by atoms with Gasteiger partial charge < -0.3 is 19.1 Å². The predicted molar refractivity (Wildman–Crippen MR) is 153 cm³/mol. The molecule has 40 heavy (non-hydrogen) atoms. The summed E-state index contributed by atoms with van der Waals surface area (Å²) in [5.74, 6) is 0.791. The summed E-state index contributed by atoms with van der Waals surface area (Å²) in [7, 11) is -4.10. The second kappa shape index (κ2) is 11.4. The summed E-state index contributed by atoms with van der Waals surface area (Å²) >= 11 is 6.37. The zero-order valence-electron chi connectivity index (χ0n) is 22.4. The Morgan fingerprint density at radius 2 is 1.95 bits per heavy atom. The Bertz CT molecular complexity index is 1410. The Morgan fingerprint density at radius 3 is 2.80 bits per heavy atom. The molecular weight excluding hydrogens is 552 g/mol. The molecule has 1 amide bonds. The van der Waals surface area contributed by atoms with E-state index in [0.29, 0.717) is 44.0 Å². The molecule has 2 aromatic carbocycles. The Kier molecular flexibility index (Phi) is 7.83. The first-order chi connectivity index (χ1) is 19.3. The summed E-state index contributed by atoms with van der Waals surface area (Å²) in [4.78, 5) is 14.7. The number of carbonyl (C=O) groups is 1. The third kappa shape index (κ3) is 5.62. The van der Waals surface area contributed by atoms with Crippen LogP contribution in [0.4, 0.5) is 5.69 Å². The highest BCUT2D eigenvalue weighted by molar-refractivity contribution is 7.90. The van der Waals surface area contributed by atoms with Crippen molar-refractivity contribution in [3.8, 4) is 5.75 Å². The number of carbonyl (C=O) groups excluding carboxylic acids is 1. The number of nitrogens with zero attached hydrogens (tertiary/aromatic N) is 1. The van der Waals surface area contributed by atoms with Crippen molar-refractivity contribution >= 4 is 33.2 Å². The number of hydrogen-bond acceptors (Lipinski definition) is 7. The van der Waals surface area contributed by atoms with Crippen LogP contribution in [0.3, 0.4) is 0 Å². The van der Waals surface area contributed by atoms with Crippen molar-refractivity contribution < 1.29 is 27.4 Å². The molecule has 0 saturated heterocycles. The lowest BCUT2D eigenvalue weighted by Gasteiger charge is -2.44. The van der Waals surface area contributed by atoms with E-state index in [0.717, 1.165) is 49.4 Å². The molecule has 0 aromatic heterocycles. The molecule has 3 atom stereocenters. The fourth-order valence-electron chi connectivity index (χ4n) is 6.52. The van der Waals surface area contributed by atoms with Crippen LogP contribution in [0.2, 0.25) is 5.02 Å². The van der Waals surface area contributed by atoms with Gasteiger partial charge in [-0.1, -0.05) is 29.8 Å². The Balaban J connectivity index is 1.39. The summed E-state index contributed by atoms with van der Waals surface area (Å²) in [6, 6.07) is 11.0. The van der Waals surface area contributed by atoms with E-state index in [9.17, 15) is 13.2 Å². The molecule has 6 rings (SSSR count). The Hall–Kier alpha value is -2.59. The largest absolute Gasteiger partial charge is 0.490 e. The van der Waals surface area contributed by atoms with Crippen molar-refractivity contribution in [1.82, 2.24) is 4.72 Å². The van der Waals surface area contributed by atoms with Crippen LogP contribution in [0.5, 0.6) is 5.75 Å². The minimum absolute atomic E-state index is 0.0227. The average Bonchev–Trinajstić information content (AvgIpc) is 3.06. The molecule has 0 unspecified atom stereocenters. The van der Waals surface area contributed by atoms with Crippen molar-refractivity contribution in [3.05, 3.63) is 64.7 Å². The van der Waals surface area contributed by atoms with Gasteiger partial charge in [-0.15, -0.1) is 0 Å². The number of ether oxygens (including phenoxy) is 3. The van der Waals surface area contributed by atoms with E-state index < -0.39 is 15.9 Å². The fraction of sp³-hybridized carbons (Fsp3) is 0.500. The number of nitrogens with one attached hydrogen (secondary N) is 1. The van der Waals surface area contributed by atoms with Crippen LogP contribution in [0, 0.1) is 11.8 Å². The molecule has 0 radical (unpaired) electrons. The Labute approximate surface area is 240 Å². The molecular formula is C30H35ClN2O6S. The van der Waals surface area contributed by atoms with E-state index in [1.54, 1.807) is 12.1 Å². The van der Waals surface area contributed by atoms with Gasteiger partial charge in [0, 0.05) is 23.5 Å². The van der Waals surface area contributed by atoms with Crippen LogP contribution in [0.25, 0.3) is 0 Å². The number of aryl methyl sites for hydroxylation is 1. The van der Waals surface area contributed by atoms with E-state index in [1.807, 2.05) is 6.07 Å². The number of anilines is 1. The standard InChI is InChI=1S/C30H35ClN2O6S/c31-24-7-9-26-22(15-24)3-1-11-30(26)19-33-17-23-6-5-21(23)4-2-12-37-13-14-38-18-29(34)32-40(35,36)25-8-10-28(39-20-30)27(33)16-25/h2,4,7-10,15-16,21,23H,1,3,5-6,11-14,17-20H2,(H,32,34)/b4-2+/t21-,23-,30+/m1/s1. The van der Waals surface area contributed by atoms with Gasteiger partial charge in [-0.3, -0.25) is 4.79 Å². The summed E-state index contributed by atoms with van der Waals surface area (Å²) in [6.45, 7) is 2.61. The maximum atomic E-state index is 13.2. The number of rotatable bonds is 0. The monoisotopic (exact) mass is 586 g/mol. The molecule has 4 aliphatic rings. The fourth-order valence-corrected chi connectivity index (χ4v) is 7.71. The molecule has 2 aliphatic heterocycles. The molecule has 2 aliphatic carbocycles. The van der Waals surface area contributed by atoms with Crippen molar-refractivity contribution in [2.45, 2.75) is 42.4 Å². The third-order valence-electron chi connectivity index (χ3n) is 8.70. The molecule has 2 bridgehead atoms. The normalized spacial score (nSPS) is 29.3. The number of hydrogen-bond donors (Lipinski definition) is 1. The number of fused-ring (bicyclic) bond motifs is 4. The van der Waals surface area contributed by atoms with E-state index in [-0.39, 0.29) is 23.5 Å². The van der Waals surface area contributed by atoms with E-state index in [1.165, 1.54) is 17.2 Å². The second-order valence-electron chi connectivity index (χ2n) is 11.3. The molecule has 1 saturated carbocycles. The molecule has 1 spiro atoms. The predicted octanol–water partition coefficient (Wildman–Crippen LogP) is 4.25. The number of benzene rings is 2. The van der Waals surface area contributed by atoms with E-state index in [4.69, 9.17) is 25.8 Å². The highest BCUT2D eigenvalue weighted by Crippen LogP contribution is 2.46. The average molecular weight is 587 g/mol. The van der Waals surface area contributed by atoms with Crippen LogP contribution < -0.4 is 14.4 Å². The van der Waals surface area contributed by atoms with Gasteiger partial charge in [-0.25, -0.2) is 13.1 Å². The highest BCUT2D eigenvalue weighted by Gasteiger charge is 2.43. The summed E-state index contributed by atoms with van der Waals surface area (Å²) in [6.07, 6.45) is 9.52. The maximum Gasteiger partial charge on any atom is 0.264 e. The molecule has 2 aromatic rings. The van der Waals surface area contributed by atoms with E-state index >= 15 is 0 Å². The first-order valence-corrected chi connectivity index (χ1v) is 15.9. The van der Waals surface area contributed by atoms with Crippen LogP contribution >= 0.6 is 11.6 Å². The van der Waals surface area contributed by atoms with Gasteiger partial charge in [0.25, 0.3) is 15.9 Å². The van der Waals surface area contributed by atoms with Gasteiger partial charge in [0.15, 0.2) is 0 Å². The van der Waals surface area contributed by atoms with Crippen LogP contribution in [-0.4, -0.2) is 60.4 Å². The van der Waals surface area contributed by atoms with Crippen molar-refractivity contribution in [2.24, 2.45) is 11.8 Å². The van der Waals surface area contributed by atoms with Crippen molar-refractivity contribution in [1.29, 1.82) is 0 Å². The lowest BCUT2D eigenvalue weighted by molar-refractivity contribution is -0.124. The second-order valence-corrected chi connectivity index (χ2v) is 13.4. The van der Waals surface area contributed by atoms with Crippen LogP contribution in [-0.2, 0) is 36.1 Å². The number of sulfonamides is 1. The van der Waals surface area contributed by atoms with Gasteiger partial charge >= 0.3 is 0 Å². The lowest BCUT2D eigenvalue weighted by Crippen LogP contribution is -2.48. The minimum Gasteiger partial charge on any atom is -0.490 e. The van der Waals surface area contributed by atoms with Gasteiger partial charge in [0.2, 0.25) is 0 Å². The van der Waals surface area contributed by atoms with Crippen LogP contribution in [0.15, 0.2) is 53.4 Å². The van der Waals surface area contributed by atoms with Crippen molar-refractivity contribution in [3.63, 3.8) is 0 Å². The zero-order valence-corrected chi connectivity index (χ0v) is 24.0. The third-order valence-corrected chi connectivity index (χ3v) is 10.3. The Morgan fingerprint density at radius 1 is 1.07 bits per heavy atom. The number of halogens is 1. The van der Waals surface area contributed by atoms with E-state index in [2.05, 4.69) is 33.9 Å². The topological polar surface area (TPSA) is 94.2 Å². The molecule has 10 heteroatoms. The molecule has 1 N–H and O–H groups in total. The lowest BCUT2D eigenvalue weighted by atomic mass is 9.69. The molecule has 1 fully saturated rings.